The van der Waals surface area contributed by atoms with E-state index in [-0.39, 0.29) is 11.9 Å². The molecule has 2 aliphatic heterocycles. The Morgan fingerprint density at radius 2 is 2.04 bits per heavy atom. The van der Waals surface area contributed by atoms with E-state index in [1.54, 1.807) is 7.11 Å². The lowest BCUT2D eigenvalue weighted by atomic mass is 9.98. The average molecular weight is 386 g/mol. The first kappa shape index (κ1) is 19.3. The Hall–Kier alpha value is -2.05. The Morgan fingerprint density at radius 1 is 1.21 bits per heavy atom. The Bertz CT molecular complexity index is 825. The molecule has 1 atom stereocenters. The molecule has 2 aromatic rings. The Labute approximate surface area is 166 Å². The summed E-state index contributed by atoms with van der Waals surface area (Å²) in [7, 11) is 1.65. The maximum atomic E-state index is 13.4. The van der Waals surface area contributed by atoms with Gasteiger partial charge in [-0.05, 0) is 50.8 Å². The highest BCUT2D eigenvalue weighted by Crippen LogP contribution is 2.31. The number of morpholine rings is 1. The third-order valence-electron chi connectivity index (χ3n) is 6.11. The topological polar surface area (TPSA) is 55.2 Å². The maximum absolute atomic E-state index is 13.4. The number of ether oxygens (including phenoxy) is 2. The third-order valence-corrected chi connectivity index (χ3v) is 6.11. The maximum Gasteiger partial charge on any atom is 0.290 e. The van der Waals surface area contributed by atoms with Gasteiger partial charge >= 0.3 is 0 Å². The monoisotopic (exact) mass is 386 g/mol. The predicted molar refractivity (Wildman–Crippen MR) is 108 cm³/mol. The van der Waals surface area contributed by atoms with Gasteiger partial charge in [-0.25, -0.2) is 0 Å². The lowest BCUT2D eigenvalue weighted by Crippen LogP contribution is -2.46. The van der Waals surface area contributed by atoms with Crippen LogP contribution in [0.5, 0.6) is 5.75 Å². The van der Waals surface area contributed by atoms with Gasteiger partial charge in [0.05, 0.1) is 20.3 Å². The van der Waals surface area contributed by atoms with Crippen LogP contribution in [0.3, 0.4) is 0 Å². The molecule has 0 radical (unpaired) electrons. The van der Waals surface area contributed by atoms with E-state index in [1.165, 1.54) is 6.42 Å². The number of hydrogen-bond acceptors (Lipinski definition) is 5. The highest BCUT2D eigenvalue weighted by atomic mass is 16.5. The number of fused-ring (bicyclic) bond motifs is 1. The van der Waals surface area contributed by atoms with Crippen LogP contribution < -0.4 is 4.74 Å². The molecule has 1 aromatic heterocycles. The summed E-state index contributed by atoms with van der Waals surface area (Å²) in [6, 6.07) is 5.97. The molecule has 2 fully saturated rings. The first-order valence-corrected chi connectivity index (χ1v) is 10.4. The van der Waals surface area contributed by atoms with Gasteiger partial charge < -0.3 is 18.8 Å². The van der Waals surface area contributed by atoms with E-state index in [2.05, 4.69) is 4.90 Å². The molecule has 4 rings (SSSR count). The number of benzene rings is 1. The Morgan fingerprint density at radius 3 is 2.82 bits per heavy atom. The molecule has 0 spiro atoms. The number of carbonyl (C=O) groups excluding carboxylic acids is 1. The molecule has 0 saturated carbocycles. The molecule has 0 N–H and O–H groups in total. The molecule has 6 nitrogen and oxygen atoms in total. The van der Waals surface area contributed by atoms with Crippen molar-refractivity contribution in [2.24, 2.45) is 0 Å². The Kier molecular flexibility index (Phi) is 5.87. The minimum absolute atomic E-state index is 0.0272. The number of aryl methyl sites for hydroxylation is 1. The van der Waals surface area contributed by atoms with Crippen LogP contribution >= 0.6 is 0 Å². The fraction of sp³-hybridized carbons (Fsp3) is 0.591. The van der Waals surface area contributed by atoms with Crippen LogP contribution in [-0.4, -0.2) is 68.3 Å². The smallest absolute Gasteiger partial charge is 0.290 e. The number of methoxy groups -OCH3 is 1. The average Bonchev–Trinajstić information content (AvgIpc) is 3.08. The number of nitrogens with zero attached hydrogens (tertiary/aromatic N) is 2. The van der Waals surface area contributed by atoms with Crippen molar-refractivity contribution >= 4 is 16.9 Å². The summed E-state index contributed by atoms with van der Waals surface area (Å²) in [5.41, 5.74) is 1.64. The standard InChI is InChI=1S/C22H30N2O4/c1-16-19-15-18(26-2)6-7-20(19)28-21(16)22(25)24-9-4-3-5-17(24)8-10-23-11-13-27-14-12-23/h6-7,15,17H,3-5,8-14H2,1-2H3. The molecule has 0 aliphatic carbocycles. The summed E-state index contributed by atoms with van der Waals surface area (Å²) < 4.78 is 16.7. The molecule has 2 saturated heterocycles. The van der Waals surface area contributed by atoms with Gasteiger partial charge in [0.1, 0.15) is 11.3 Å². The molecule has 1 amide bonds. The zero-order valence-corrected chi connectivity index (χ0v) is 16.9. The third kappa shape index (κ3) is 3.89. The van der Waals surface area contributed by atoms with Gasteiger partial charge in [0.15, 0.2) is 5.76 Å². The minimum atomic E-state index is 0.0272. The SMILES string of the molecule is COc1ccc2oc(C(=O)N3CCCCC3CCN3CCOCC3)c(C)c2c1. The first-order valence-electron chi connectivity index (χ1n) is 10.4. The molecule has 0 bridgehead atoms. The van der Waals surface area contributed by atoms with E-state index in [0.29, 0.717) is 5.76 Å². The van der Waals surface area contributed by atoms with Crippen molar-refractivity contribution in [2.45, 2.75) is 38.6 Å². The van der Waals surface area contributed by atoms with E-state index in [4.69, 9.17) is 13.9 Å². The van der Waals surface area contributed by atoms with Crippen molar-refractivity contribution in [1.82, 2.24) is 9.80 Å². The first-order chi connectivity index (χ1) is 13.7. The molecule has 28 heavy (non-hydrogen) atoms. The van der Waals surface area contributed by atoms with E-state index in [0.717, 1.165) is 80.9 Å². The summed E-state index contributed by atoms with van der Waals surface area (Å²) in [4.78, 5) is 17.9. The highest BCUT2D eigenvalue weighted by Gasteiger charge is 2.31. The largest absolute Gasteiger partial charge is 0.497 e. The van der Waals surface area contributed by atoms with Gasteiger partial charge in [0.25, 0.3) is 5.91 Å². The van der Waals surface area contributed by atoms with Crippen molar-refractivity contribution in [3.8, 4) is 5.75 Å². The van der Waals surface area contributed by atoms with Crippen LogP contribution in [0.4, 0.5) is 0 Å². The van der Waals surface area contributed by atoms with Gasteiger partial charge in [-0.3, -0.25) is 9.69 Å². The van der Waals surface area contributed by atoms with Crippen LogP contribution in [-0.2, 0) is 4.74 Å². The van der Waals surface area contributed by atoms with E-state index in [9.17, 15) is 4.79 Å². The number of carbonyl (C=O) groups is 1. The summed E-state index contributed by atoms with van der Waals surface area (Å²) in [6.45, 7) is 7.41. The minimum Gasteiger partial charge on any atom is -0.497 e. The highest BCUT2D eigenvalue weighted by molar-refractivity contribution is 5.99. The van der Waals surface area contributed by atoms with E-state index in [1.807, 2.05) is 30.0 Å². The molecule has 1 unspecified atom stereocenters. The van der Waals surface area contributed by atoms with Crippen LogP contribution in [0, 0.1) is 6.92 Å². The van der Waals surface area contributed by atoms with Crippen molar-refractivity contribution in [2.75, 3.05) is 46.5 Å². The number of piperidine rings is 1. The summed E-state index contributed by atoms with van der Waals surface area (Å²) >= 11 is 0. The molecule has 6 heteroatoms. The number of furan rings is 1. The van der Waals surface area contributed by atoms with Gasteiger partial charge in [-0.1, -0.05) is 0 Å². The zero-order chi connectivity index (χ0) is 19.5. The number of hydrogen-bond donors (Lipinski definition) is 0. The molecule has 1 aromatic carbocycles. The molecular formula is C22H30N2O4. The summed E-state index contributed by atoms with van der Waals surface area (Å²) in [5, 5.41) is 0.949. The van der Waals surface area contributed by atoms with Gasteiger partial charge in [0, 0.05) is 43.2 Å². The lowest BCUT2D eigenvalue weighted by Gasteiger charge is -2.37. The number of rotatable bonds is 5. The van der Waals surface area contributed by atoms with Gasteiger partial charge in [-0.2, -0.15) is 0 Å². The normalized spacial score (nSPS) is 21.2. The summed E-state index contributed by atoms with van der Waals surface area (Å²) in [6.07, 6.45) is 4.34. The van der Waals surface area contributed by atoms with Crippen molar-refractivity contribution in [1.29, 1.82) is 0 Å². The van der Waals surface area contributed by atoms with E-state index < -0.39 is 0 Å². The molecular weight excluding hydrogens is 356 g/mol. The molecule has 3 heterocycles. The Balaban J connectivity index is 1.51. The van der Waals surface area contributed by atoms with Crippen LogP contribution in [0.15, 0.2) is 22.6 Å². The van der Waals surface area contributed by atoms with Gasteiger partial charge in [-0.15, -0.1) is 0 Å². The van der Waals surface area contributed by atoms with Crippen molar-refractivity contribution in [3.05, 3.63) is 29.5 Å². The fourth-order valence-corrected chi connectivity index (χ4v) is 4.39. The van der Waals surface area contributed by atoms with Crippen molar-refractivity contribution in [3.63, 3.8) is 0 Å². The number of likely N-dealkylation sites (tertiary alicyclic amines) is 1. The second-order valence-corrected chi connectivity index (χ2v) is 7.81. The predicted octanol–water partition coefficient (Wildman–Crippen LogP) is 3.47. The number of amides is 1. The van der Waals surface area contributed by atoms with Crippen LogP contribution in [0.1, 0.15) is 41.8 Å². The molecule has 152 valence electrons. The lowest BCUT2D eigenvalue weighted by molar-refractivity contribution is 0.0290. The fourth-order valence-electron chi connectivity index (χ4n) is 4.39. The summed E-state index contributed by atoms with van der Waals surface area (Å²) in [5.74, 6) is 1.28. The van der Waals surface area contributed by atoms with Crippen LogP contribution in [0.25, 0.3) is 11.0 Å². The zero-order valence-electron chi connectivity index (χ0n) is 16.9. The van der Waals surface area contributed by atoms with E-state index >= 15 is 0 Å². The molecule has 2 aliphatic rings. The van der Waals surface area contributed by atoms with Crippen molar-refractivity contribution < 1.29 is 18.7 Å². The van der Waals surface area contributed by atoms with Crippen LogP contribution in [0.2, 0.25) is 0 Å². The van der Waals surface area contributed by atoms with Gasteiger partial charge in [0.2, 0.25) is 0 Å². The quantitative estimate of drug-likeness (QED) is 0.788. The second kappa shape index (κ2) is 8.53. The second-order valence-electron chi connectivity index (χ2n) is 7.81.